The van der Waals surface area contributed by atoms with Crippen molar-refractivity contribution >= 4 is 15.9 Å². The van der Waals surface area contributed by atoms with Gasteiger partial charge in [0.25, 0.3) is 0 Å². The number of nitrogens with one attached hydrogen (secondary N) is 1. The SMILES string of the molecule is CCCNC(c1ccc(OCCC)c(Br)c1)C1CCCO1. The number of benzene rings is 1. The van der Waals surface area contributed by atoms with Crippen LogP contribution >= 0.6 is 15.9 Å². The van der Waals surface area contributed by atoms with Gasteiger partial charge in [-0.1, -0.05) is 19.9 Å². The Hall–Kier alpha value is -0.580. The van der Waals surface area contributed by atoms with E-state index in [4.69, 9.17) is 9.47 Å². The highest BCUT2D eigenvalue weighted by Gasteiger charge is 2.27. The molecule has 1 aromatic rings. The van der Waals surface area contributed by atoms with Gasteiger partial charge in [-0.25, -0.2) is 0 Å². The smallest absolute Gasteiger partial charge is 0.133 e. The topological polar surface area (TPSA) is 30.5 Å². The second-order valence-corrected chi connectivity index (χ2v) is 6.38. The van der Waals surface area contributed by atoms with Gasteiger partial charge in [-0.2, -0.15) is 0 Å². The average Bonchev–Trinajstić information content (AvgIpc) is 3.01. The molecule has 2 rings (SSSR count). The van der Waals surface area contributed by atoms with Crippen LogP contribution in [0.2, 0.25) is 0 Å². The minimum Gasteiger partial charge on any atom is -0.492 e. The van der Waals surface area contributed by atoms with Gasteiger partial charge in [-0.05, 0) is 65.9 Å². The van der Waals surface area contributed by atoms with Crippen molar-refractivity contribution in [2.24, 2.45) is 0 Å². The summed E-state index contributed by atoms with van der Waals surface area (Å²) in [6, 6.07) is 6.65. The van der Waals surface area contributed by atoms with Crippen molar-refractivity contribution in [3.8, 4) is 5.75 Å². The average molecular weight is 356 g/mol. The molecule has 4 heteroatoms. The molecule has 0 aromatic heterocycles. The third kappa shape index (κ3) is 4.70. The minimum atomic E-state index is 0.268. The van der Waals surface area contributed by atoms with Gasteiger partial charge in [-0.15, -0.1) is 0 Å². The molecule has 2 atom stereocenters. The third-order valence-corrected chi connectivity index (χ3v) is 4.35. The quantitative estimate of drug-likeness (QED) is 0.746. The number of hydrogen-bond donors (Lipinski definition) is 1. The Bertz CT molecular complexity index is 433. The lowest BCUT2D eigenvalue weighted by Crippen LogP contribution is -2.32. The van der Waals surface area contributed by atoms with Crippen LogP contribution in [0, 0.1) is 0 Å². The molecule has 118 valence electrons. The van der Waals surface area contributed by atoms with E-state index in [1.807, 2.05) is 0 Å². The number of rotatable bonds is 8. The molecule has 0 amide bonds. The van der Waals surface area contributed by atoms with E-state index in [1.54, 1.807) is 0 Å². The van der Waals surface area contributed by atoms with Gasteiger partial charge in [0.05, 0.1) is 23.2 Å². The minimum absolute atomic E-state index is 0.268. The summed E-state index contributed by atoms with van der Waals surface area (Å²) in [4.78, 5) is 0. The standard InChI is InChI=1S/C17H26BrNO2/c1-3-9-19-17(16-6-5-11-21-16)13-7-8-15(14(18)12-13)20-10-4-2/h7-8,12,16-17,19H,3-6,9-11H2,1-2H3. The molecule has 1 saturated heterocycles. The fourth-order valence-electron chi connectivity index (χ4n) is 2.67. The fraction of sp³-hybridized carbons (Fsp3) is 0.647. The normalized spacial score (nSPS) is 19.7. The molecule has 1 heterocycles. The maximum Gasteiger partial charge on any atom is 0.133 e. The van der Waals surface area contributed by atoms with Gasteiger partial charge < -0.3 is 14.8 Å². The Morgan fingerprint density at radius 2 is 2.24 bits per heavy atom. The molecule has 1 fully saturated rings. The molecule has 0 aliphatic carbocycles. The molecular formula is C17H26BrNO2. The van der Waals surface area contributed by atoms with Crippen LogP contribution in [0.5, 0.6) is 5.75 Å². The van der Waals surface area contributed by atoms with Crippen LogP contribution in [-0.2, 0) is 4.74 Å². The molecule has 21 heavy (non-hydrogen) atoms. The van der Waals surface area contributed by atoms with Crippen LogP contribution in [0.1, 0.15) is 51.1 Å². The van der Waals surface area contributed by atoms with Gasteiger partial charge in [0.15, 0.2) is 0 Å². The Kier molecular flexibility index (Phi) is 7.00. The molecule has 1 N–H and O–H groups in total. The summed E-state index contributed by atoms with van der Waals surface area (Å²) in [6.07, 6.45) is 4.72. The molecule has 0 radical (unpaired) electrons. The summed E-state index contributed by atoms with van der Waals surface area (Å²) in [5.74, 6) is 0.919. The lowest BCUT2D eigenvalue weighted by molar-refractivity contribution is 0.0782. The van der Waals surface area contributed by atoms with Crippen molar-refractivity contribution in [3.63, 3.8) is 0 Å². The van der Waals surface area contributed by atoms with Crippen LogP contribution < -0.4 is 10.1 Å². The van der Waals surface area contributed by atoms with Gasteiger partial charge in [0.2, 0.25) is 0 Å². The molecule has 2 unspecified atom stereocenters. The first-order valence-electron chi connectivity index (χ1n) is 8.03. The Morgan fingerprint density at radius 1 is 1.38 bits per heavy atom. The van der Waals surface area contributed by atoms with Crippen LogP contribution in [0.25, 0.3) is 0 Å². The monoisotopic (exact) mass is 355 g/mol. The molecule has 1 aromatic carbocycles. The highest BCUT2D eigenvalue weighted by molar-refractivity contribution is 9.10. The molecule has 1 aliphatic rings. The second-order valence-electron chi connectivity index (χ2n) is 5.52. The van der Waals surface area contributed by atoms with Crippen molar-refractivity contribution < 1.29 is 9.47 Å². The second kappa shape index (κ2) is 8.76. The zero-order valence-electron chi connectivity index (χ0n) is 13.0. The largest absolute Gasteiger partial charge is 0.492 e. The van der Waals surface area contributed by atoms with Crippen molar-refractivity contribution in [1.29, 1.82) is 0 Å². The molecule has 0 saturated carbocycles. The predicted molar refractivity (Wildman–Crippen MR) is 89.9 cm³/mol. The number of hydrogen-bond acceptors (Lipinski definition) is 3. The van der Waals surface area contributed by atoms with E-state index in [9.17, 15) is 0 Å². The highest BCUT2D eigenvalue weighted by Crippen LogP contribution is 2.32. The summed E-state index contributed by atoms with van der Waals surface area (Å²) in [7, 11) is 0. The van der Waals surface area contributed by atoms with Gasteiger partial charge in [0, 0.05) is 6.61 Å². The summed E-state index contributed by atoms with van der Waals surface area (Å²) >= 11 is 3.63. The summed E-state index contributed by atoms with van der Waals surface area (Å²) in [6.45, 7) is 6.95. The van der Waals surface area contributed by atoms with Gasteiger partial charge in [-0.3, -0.25) is 0 Å². The summed E-state index contributed by atoms with van der Waals surface area (Å²) in [5.41, 5.74) is 1.27. The van der Waals surface area contributed by atoms with E-state index in [2.05, 4.69) is 53.3 Å². The first kappa shape index (κ1) is 16.8. The van der Waals surface area contributed by atoms with E-state index in [1.165, 1.54) is 5.56 Å². The molecular weight excluding hydrogens is 330 g/mol. The maximum atomic E-state index is 5.89. The van der Waals surface area contributed by atoms with Gasteiger partial charge in [0.1, 0.15) is 5.75 Å². The molecule has 0 bridgehead atoms. The number of ether oxygens (including phenoxy) is 2. The summed E-state index contributed by atoms with van der Waals surface area (Å²) < 4.78 is 12.6. The molecule has 0 spiro atoms. The van der Waals surface area contributed by atoms with Gasteiger partial charge >= 0.3 is 0 Å². The fourth-order valence-corrected chi connectivity index (χ4v) is 3.18. The first-order valence-corrected chi connectivity index (χ1v) is 8.82. The van der Waals surface area contributed by atoms with E-state index in [0.717, 1.165) is 55.7 Å². The lowest BCUT2D eigenvalue weighted by Gasteiger charge is -2.25. The third-order valence-electron chi connectivity index (χ3n) is 3.73. The molecule has 3 nitrogen and oxygen atoms in total. The van der Waals surface area contributed by atoms with Crippen molar-refractivity contribution in [1.82, 2.24) is 5.32 Å². The van der Waals surface area contributed by atoms with Crippen LogP contribution in [0.4, 0.5) is 0 Å². The zero-order valence-corrected chi connectivity index (χ0v) is 14.6. The number of halogens is 1. The molecule has 1 aliphatic heterocycles. The van der Waals surface area contributed by atoms with E-state index >= 15 is 0 Å². The van der Waals surface area contributed by atoms with E-state index in [-0.39, 0.29) is 12.1 Å². The summed E-state index contributed by atoms with van der Waals surface area (Å²) in [5, 5.41) is 3.63. The lowest BCUT2D eigenvalue weighted by atomic mass is 9.99. The van der Waals surface area contributed by atoms with Crippen molar-refractivity contribution in [2.45, 2.75) is 51.7 Å². The Balaban J connectivity index is 2.12. The van der Waals surface area contributed by atoms with E-state index < -0.39 is 0 Å². The maximum absolute atomic E-state index is 5.89. The van der Waals surface area contributed by atoms with Crippen molar-refractivity contribution in [3.05, 3.63) is 28.2 Å². The zero-order chi connectivity index (χ0) is 15.1. The van der Waals surface area contributed by atoms with Crippen LogP contribution in [0.15, 0.2) is 22.7 Å². The Labute approximate surface area is 136 Å². The van der Waals surface area contributed by atoms with Crippen molar-refractivity contribution in [2.75, 3.05) is 19.8 Å². The van der Waals surface area contributed by atoms with Crippen LogP contribution in [0.3, 0.4) is 0 Å². The predicted octanol–water partition coefficient (Wildman–Crippen LogP) is 4.46. The Morgan fingerprint density at radius 3 is 2.86 bits per heavy atom. The highest BCUT2D eigenvalue weighted by atomic mass is 79.9. The first-order chi connectivity index (χ1) is 10.3. The van der Waals surface area contributed by atoms with Crippen LogP contribution in [-0.4, -0.2) is 25.9 Å². The van der Waals surface area contributed by atoms with E-state index in [0.29, 0.717) is 0 Å².